The maximum atomic E-state index is 10.9. The van der Waals surface area contributed by atoms with Gasteiger partial charge in [-0.1, -0.05) is 12.2 Å². The number of rotatable bonds is 6. The van der Waals surface area contributed by atoms with Crippen LogP contribution in [0.15, 0.2) is 12.2 Å². The molecule has 0 heterocycles. The summed E-state index contributed by atoms with van der Waals surface area (Å²) in [6, 6.07) is 0.469. The predicted octanol–water partition coefficient (Wildman–Crippen LogP) is 0.726. The highest BCUT2D eigenvalue weighted by molar-refractivity contribution is 7.88. The van der Waals surface area contributed by atoms with E-state index in [0.29, 0.717) is 19.1 Å². The van der Waals surface area contributed by atoms with E-state index in [1.165, 1.54) is 19.1 Å². The van der Waals surface area contributed by atoms with Gasteiger partial charge in [-0.3, -0.25) is 0 Å². The van der Waals surface area contributed by atoms with E-state index in [-0.39, 0.29) is 0 Å². The molecule has 0 saturated heterocycles. The molecule has 0 aromatic heterocycles. The van der Waals surface area contributed by atoms with Crippen molar-refractivity contribution in [3.8, 4) is 0 Å². The van der Waals surface area contributed by atoms with Crippen LogP contribution < -0.4 is 10.0 Å². The monoisotopic (exact) mass is 258 g/mol. The third-order valence-electron chi connectivity index (χ3n) is 3.93. The Balaban J connectivity index is 1.68. The van der Waals surface area contributed by atoms with Gasteiger partial charge < -0.3 is 5.32 Å². The number of fused-ring (bicyclic) bond motifs is 2. The molecule has 0 aromatic rings. The molecule has 0 aromatic carbocycles. The molecule has 17 heavy (non-hydrogen) atoms. The van der Waals surface area contributed by atoms with Crippen molar-refractivity contribution in [1.82, 2.24) is 10.0 Å². The molecule has 0 spiro atoms. The maximum Gasteiger partial charge on any atom is 0.208 e. The lowest BCUT2D eigenvalue weighted by atomic mass is 9.87. The summed E-state index contributed by atoms with van der Waals surface area (Å²) in [6.07, 6.45) is 8.50. The van der Waals surface area contributed by atoms with Crippen LogP contribution in [0.5, 0.6) is 0 Å². The van der Waals surface area contributed by atoms with Crippen molar-refractivity contribution in [2.24, 2.45) is 17.8 Å². The van der Waals surface area contributed by atoms with Crippen molar-refractivity contribution in [3.05, 3.63) is 12.2 Å². The summed E-state index contributed by atoms with van der Waals surface area (Å²) in [5.74, 6) is 2.26. The van der Waals surface area contributed by atoms with Gasteiger partial charge in [0, 0.05) is 19.1 Å². The fraction of sp³-hybridized carbons (Fsp3) is 0.833. The topological polar surface area (TPSA) is 58.2 Å². The van der Waals surface area contributed by atoms with Crippen molar-refractivity contribution in [3.63, 3.8) is 0 Å². The van der Waals surface area contributed by atoms with E-state index in [1.54, 1.807) is 0 Å². The SMILES string of the molecule is CC(NCCNS(C)(=O)=O)C1CC2C=CC1C2. The zero-order valence-corrected chi connectivity index (χ0v) is 11.3. The maximum absolute atomic E-state index is 10.9. The van der Waals surface area contributed by atoms with Gasteiger partial charge in [-0.05, 0) is 37.5 Å². The smallest absolute Gasteiger partial charge is 0.208 e. The summed E-state index contributed by atoms with van der Waals surface area (Å²) in [5.41, 5.74) is 0. The van der Waals surface area contributed by atoms with E-state index < -0.39 is 10.0 Å². The molecule has 2 aliphatic carbocycles. The first-order valence-electron chi connectivity index (χ1n) is 6.32. The number of hydrogen-bond donors (Lipinski definition) is 2. The second-order valence-electron chi connectivity index (χ2n) is 5.35. The Labute approximate surface area is 104 Å². The molecule has 1 fully saturated rings. The molecule has 4 nitrogen and oxygen atoms in total. The molecule has 5 heteroatoms. The first-order valence-corrected chi connectivity index (χ1v) is 8.21. The highest BCUT2D eigenvalue weighted by Gasteiger charge is 2.38. The standard InChI is InChI=1S/C12H22N2O2S/c1-9(13-5-6-14-17(2,15)16)12-8-10-3-4-11(12)7-10/h3-4,9-14H,5-8H2,1-2H3. The molecule has 1 saturated carbocycles. The average molecular weight is 258 g/mol. The third kappa shape index (κ3) is 3.53. The van der Waals surface area contributed by atoms with Crippen LogP contribution in [0.1, 0.15) is 19.8 Å². The van der Waals surface area contributed by atoms with E-state index in [1.807, 2.05) is 0 Å². The van der Waals surface area contributed by atoms with Crippen LogP contribution in [0, 0.1) is 17.8 Å². The predicted molar refractivity (Wildman–Crippen MR) is 69.2 cm³/mol. The largest absolute Gasteiger partial charge is 0.313 e. The molecule has 0 aliphatic heterocycles. The van der Waals surface area contributed by atoms with Crippen LogP contribution in [0.2, 0.25) is 0 Å². The van der Waals surface area contributed by atoms with E-state index in [9.17, 15) is 8.42 Å². The van der Waals surface area contributed by atoms with Gasteiger partial charge in [0.15, 0.2) is 0 Å². The molecule has 2 N–H and O–H groups in total. The molecule has 2 aliphatic rings. The van der Waals surface area contributed by atoms with Gasteiger partial charge in [0.2, 0.25) is 10.0 Å². The van der Waals surface area contributed by atoms with Gasteiger partial charge in [-0.15, -0.1) is 0 Å². The van der Waals surface area contributed by atoms with Gasteiger partial charge >= 0.3 is 0 Å². The van der Waals surface area contributed by atoms with Crippen molar-refractivity contribution < 1.29 is 8.42 Å². The lowest BCUT2D eigenvalue weighted by Gasteiger charge is -2.26. The highest BCUT2D eigenvalue weighted by Crippen LogP contribution is 2.44. The van der Waals surface area contributed by atoms with Crippen LogP contribution in [-0.4, -0.2) is 33.8 Å². The van der Waals surface area contributed by atoms with Gasteiger partial charge in [0.25, 0.3) is 0 Å². The van der Waals surface area contributed by atoms with Gasteiger partial charge in [-0.25, -0.2) is 13.1 Å². The second-order valence-corrected chi connectivity index (χ2v) is 7.19. The zero-order chi connectivity index (χ0) is 12.5. The molecule has 2 bridgehead atoms. The van der Waals surface area contributed by atoms with Crippen LogP contribution >= 0.6 is 0 Å². The average Bonchev–Trinajstić information content (AvgIpc) is 2.84. The number of sulfonamides is 1. The lowest BCUT2D eigenvalue weighted by molar-refractivity contribution is 0.329. The second kappa shape index (κ2) is 5.08. The van der Waals surface area contributed by atoms with Crippen LogP contribution in [-0.2, 0) is 10.0 Å². The van der Waals surface area contributed by atoms with Crippen molar-refractivity contribution in [1.29, 1.82) is 0 Å². The Morgan fingerprint density at radius 3 is 2.59 bits per heavy atom. The summed E-state index contributed by atoms with van der Waals surface area (Å²) < 4.78 is 24.3. The van der Waals surface area contributed by atoms with Crippen molar-refractivity contribution in [2.45, 2.75) is 25.8 Å². The summed E-state index contributed by atoms with van der Waals surface area (Å²) in [5, 5.41) is 3.42. The molecule has 0 amide bonds. The quantitative estimate of drug-likeness (QED) is 0.545. The molecule has 98 valence electrons. The van der Waals surface area contributed by atoms with Crippen LogP contribution in [0.3, 0.4) is 0 Å². The molecule has 2 rings (SSSR count). The molecule has 4 unspecified atom stereocenters. The first kappa shape index (κ1) is 13.1. The molecular weight excluding hydrogens is 236 g/mol. The Kier molecular flexibility index (Phi) is 3.90. The number of allylic oxidation sites excluding steroid dienone is 2. The Hall–Kier alpha value is -0.390. The zero-order valence-electron chi connectivity index (χ0n) is 10.5. The number of hydrogen-bond acceptors (Lipinski definition) is 3. The summed E-state index contributed by atoms with van der Waals surface area (Å²) >= 11 is 0. The fourth-order valence-electron chi connectivity index (χ4n) is 3.09. The minimum atomic E-state index is -3.05. The minimum absolute atomic E-state index is 0.469. The first-order chi connectivity index (χ1) is 7.96. The summed E-state index contributed by atoms with van der Waals surface area (Å²) in [4.78, 5) is 0. The van der Waals surface area contributed by atoms with E-state index in [0.717, 1.165) is 17.8 Å². The Bertz CT molecular complexity index is 391. The van der Waals surface area contributed by atoms with E-state index in [4.69, 9.17) is 0 Å². The van der Waals surface area contributed by atoms with Crippen LogP contribution in [0.4, 0.5) is 0 Å². The Morgan fingerprint density at radius 2 is 2.06 bits per heavy atom. The van der Waals surface area contributed by atoms with Gasteiger partial charge in [0.05, 0.1) is 6.26 Å². The minimum Gasteiger partial charge on any atom is -0.313 e. The Morgan fingerprint density at radius 1 is 1.29 bits per heavy atom. The van der Waals surface area contributed by atoms with Crippen molar-refractivity contribution in [2.75, 3.05) is 19.3 Å². The molecule has 4 atom stereocenters. The van der Waals surface area contributed by atoms with Gasteiger partial charge in [0.1, 0.15) is 0 Å². The number of nitrogens with one attached hydrogen (secondary N) is 2. The van der Waals surface area contributed by atoms with E-state index in [2.05, 4.69) is 29.1 Å². The third-order valence-corrected chi connectivity index (χ3v) is 4.66. The van der Waals surface area contributed by atoms with Crippen molar-refractivity contribution >= 4 is 10.0 Å². The lowest BCUT2D eigenvalue weighted by Crippen LogP contribution is -2.40. The van der Waals surface area contributed by atoms with E-state index >= 15 is 0 Å². The highest BCUT2D eigenvalue weighted by atomic mass is 32.2. The summed E-state index contributed by atoms with van der Waals surface area (Å²) in [6.45, 7) is 3.38. The fourth-order valence-corrected chi connectivity index (χ4v) is 3.56. The summed E-state index contributed by atoms with van der Waals surface area (Å²) in [7, 11) is -3.05. The molecular formula is C12H22N2O2S. The normalized spacial score (nSPS) is 33.2. The molecule has 0 radical (unpaired) electrons. The van der Waals surface area contributed by atoms with Crippen LogP contribution in [0.25, 0.3) is 0 Å². The van der Waals surface area contributed by atoms with Gasteiger partial charge in [-0.2, -0.15) is 0 Å².